The van der Waals surface area contributed by atoms with Crippen molar-refractivity contribution in [1.82, 2.24) is 0 Å². The van der Waals surface area contributed by atoms with Crippen molar-refractivity contribution in [1.29, 1.82) is 0 Å². The Hall–Kier alpha value is -0.760. The molecule has 0 saturated heterocycles. The van der Waals surface area contributed by atoms with E-state index >= 15 is 0 Å². The topological polar surface area (TPSA) is 40.5 Å². The molecular weight excluding hydrogens is 152 g/mol. The van der Waals surface area contributed by atoms with Crippen LogP contribution in [0.2, 0.25) is 0 Å². The molecule has 12 heavy (non-hydrogen) atoms. The molecule has 0 aromatic rings. The molecule has 0 bridgehead atoms. The normalized spacial score (nSPS) is 16.0. The Morgan fingerprint density at radius 1 is 1.42 bits per heavy atom. The monoisotopic (exact) mass is 170 g/mol. The van der Waals surface area contributed by atoms with Crippen LogP contribution in [0.1, 0.15) is 33.6 Å². The lowest BCUT2D eigenvalue weighted by atomic mass is 10.00. The fourth-order valence-corrected chi connectivity index (χ4v) is 0.897. The molecule has 0 amide bonds. The van der Waals surface area contributed by atoms with E-state index in [1.165, 1.54) is 11.6 Å². The van der Waals surface area contributed by atoms with E-state index in [4.69, 9.17) is 5.11 Å². The summed E-state index contributed by atoms with van der Waals surface area (Å²) in [7, 11) is 0. The van der Waals surface area contributed by atoms with Crippen LogP contribution in [0.5, 0.6) is 0 Å². The summed E-state index contributed by atoms with van der Waals surface area (Å²) in [5.74, 6) is 0. The van der Waals surface area contributed by atoms with Crippen molar-refractivity contribution in [2.75, 3.05) is 0 Å². The molecule has 2 N–H and O–H groups in total. The second kappa shape index (κ2) is 4.99. The highest BCUT2D eigenvalue weighted by Gasteiger charge is 2.14. The molecule has 0 aliphatic rings. The van der Waals surface area contributed by atoms with E-state index in [1.807, 2.05) is 13.8 Å². The van der Waals surface area contributed by atoms with Gasteiger partial charge in [0.1, 0.15) is 0 Å². The van der Waals surface area contributed by atoms with Gasteiger partial charge in [0.2, 0.25) is 0 Å². The maximum absolute atomic E-state index is 9.55. The van der Waals surface area contributed by atoms with Crippen LogP contribution in [0.15, 0.2) is 24.0 Å². The molecule has 0 rings (SSSR count). The van der Waals surface area contributed by atoms with Crippen molar-refractivity contribution in [3.8, 4) is 0 Å². The molecule has 0 heterocycles. The minimum absolute atomic E-state index is 0.634. The van der Waals surface area contributed by atoms with E-state index in [0.717, 1.165) is 12.7 Å². The minimum atomic E-state index is -0.888. The van der Waals surface area contributed by atoms with Gasteiger partial charge in [0.25, 0.3) is 0 Å². The molecule has 0 spiro atoms. The first-order chi connectivity index (χ1) is 5.48. The van der Waals surface area contributed by atoms with Crippen LogP contribution >= 0.6 is 0 Å². The van der Waals surface area contributed by atoms with Crippen molar-refractivity contribution < 1.29 is 10.2 Å². The van der Waals surface area contributed by atoms with Gasteiger partial charge in [-0.1, -0.05) is 11.6 Å². The van der Waals surface area contributed by atoms with Crippen LogP contribution in [-0.4, -0.2) is 15.8 Å². The summed E-state index contributed by atoms with van der Waals surface area (Å²) in [5, 5.41) is 18.0. The van der Waals surface area contributed by atoms with Crippen LogP contribution in [0.4, 0.5) is 0 Å². The molecule has 1 atom stereocenters. The number of hydrogen-bond donors (Lipinski definition) is 2. The quantitative estimate of drug-likeness (QED) is 0.503. The van der Waals surface area contributed by atoms with Gasteiger partial charge in [0.15, 0.2) is 0 Å². The van der Waals surface area contributed by atoms with Crippen LogP contribution in [0.25, 0.3) is 0 Å². The maximum Gasteiger partial charge on any atom is 0.0834 e. The van der Waals surface area contributed by atoms with Gasteiger partial charge in [0, 0.05) is 0 Å². The molecule has 0 aromatic heterocycles. The van der Waals surface area contributed by atoms with Crippen molar-refractivity contribution in [3.05, 3.63) is 24.0 Å². The molecule has 2 heteroatoms. The van der Waals surface area contributed by atoms with Crippen molar-refractivity contribution in [3.63, 3.8) is 0 Å². The van der Waals surface area contributed by atoms with Crippen LogP contribution in [0, 0.1) is 0 Å². The zero-order valence-corrected chi connectivity index (χ0v) is 8.04. The zero-order chi connectivity index (χ0) is 9.61. The lowest BCUT2D eigenvalue weighted by Gasteiger charge is -2.16. The van der Waals surface area contributed by atoms with Gasteiger partial charge in [-0.2, -0.15) is 0 Å². The first-order valence-corrected chi connectivity index (χ1v) is 4.15. The van der Waals surface area contributed by atoms with Gasteiger partial charge in [-0.25, -0.2) is 0 Å². The molecule has 0 aliphatic carbocycles. The first-order valence-electron chi connectivity index (χ1n) is 4.15. The average molecular weight is 170 g/mol. The molecule has 0 saturated carbocycles. The van der Waals surface area contributed by atoms with Gasteiger partial charge in [-0.3, -0.25) is 0 Å². The maximum atomic E-state index is 9.55. The van der Waals surface area contributed by atoms with Crippen LogP contribution in [0.3, 0.4) is 0 Å². The Kier molecular flexibility index (Phi) is 4.67. The first kappa shape index (κ1) is 11.2. The number of hydrogen-bond acceptors (Lipinski definition) is 2. The molecule has 0 radical (unpaired) electrons. The second-order valence-corrected chi connectivity index (χ2v) is 3.49. The SMILES string of the molecule is CC(C)=CCCC(C)(O)C=CO. The van der Waals surface area contributed by atoms with Crippen LogP contribution < -0.4 is 0 Å². The van der Waals surface area contributed by atoms with E-state index in [2.05, 4.69) is 6.08 Å². The van der Waals surface area contributed by atoms with Gasteiger partial charge in [-0.05, 0) is 39.7 Å². The molecule has 0 fully saturated rings. The predicted octanol–water partition coefficient (Wildman–Crippen LogP) is 2.56. The smallest absolute Gasteiger partial charge is 0.0834 e. The zero-order valence-electron chi connectivity index (χ0n) is 8.04. The highest BCUT2D eigenvalue weighted by atomic mass is 16.3. The number of aliphatic hydroxyl groups excluding tert-OH is 1. The largest absolute Gasteiger partial charge is 0.516 e. The summed E-state index contributed by atoms with van der Waals surface area (Å²) in [4.78, 5) is 0. The lowest BCUT2D eigenvalue weighted by Crippen LogP contribution is -2.19. The van der Waals surface area contributed by atoms with E-state index in [9.17, 15) is 5.11 Å². The van der Waals surface area contributed by atoms with Crippen molar-refractivity contribution in [2.24, 2.45) is 0 Å². The Balaban J connectivity index is 3.84. The van der Waals surface area contributed by atoms with E-state index in [-0.39, 0.29) is 0 Å². The highest BCUT2D eigenvalue weighted by molar-refractivity contribution is 4.98. The molecule has 70 valence electrons. The van der Waals surface area contributed by atoms with Gasteiger partial charge < -0.3 is 10.2 Å². The standard InChI is InChI=1S/C10H18O2/c1-9(2)5-4-6-10(3,12)7-8-11/h5,7-8,11-12H,4,6H2,1-3H3. The second-order valence-electron chi connectivity index (χ2n) is 3.49. The number of aliphatic hydroxyl groups is 2. The highest BCUT2D eigenvalue weighted by Crippen LogP contribution is 2.14. The molecular formula is C10H18O2. The van der Waals surface area contributed by atoms with Gasteiger partial charge in [-0.15, -0.1) is 0 Å². The summed E-state index contributed by atoms with van der Waals surface area (Å²) in [6.45, 7) is 5.73. The van der Waals surface area contributed by atoms with Gasteiger partial charge in [0.05, 0.1) is 11.9 Å². The summed E-state index contributed by atoms with van der Waals surface area (Å²) in [6, 6.07) is 0. The van der Waals surface area contributed by atoms with E-state index in [0.29, 0.717) is 6.42 Å². The van der Waals surface area contributed by atoms with Gasteiger partial charge >= 0.3 is 0 Å². The average Bonchev–Trinajstić information content (AvgIpc) is 1.85. The third-order valence-electron chi connectivity index (χ3n) is 1.64. The Labute approximate surface area is 74.2 Å². The fraction of sp³-hybridized carbons (Fsp3) is 0.600. The summed E-state index contributed by atoms with van der Waals surface area (Å²) >= 11 is 0. The Bertz CT molecular complexity index is 174. The third-order valence-corrected chi connectivity index (χ3v) is 1.64. The Morgan fingerprint density at radius 3 is 2.42 bits per heavy atom. The molecule has 0 aromatic carbocycles. The van der Waals surface area contributed by atoms with E-state index < -0.39 is 5.60 Å². The third kappa shape index (κ3) is 5.98. The van der Waals surface area contributed by atoms with Crippen molar-refractivity contribution in [2.45, 2.75) is 39.2 Å². The number of rotatable bonds is 4. The number of allylic oxidation sites excluding steroid dienone is 2. The van der Waals surface area contributed by atoms with Crippen molar-refractivity contribution >= 4 is 0 Å². The van der Waals surface area contributed by atoms with E-state index in [1.54, 1.807) is 6.92 Å². The molecule has 0 aliphatic heterocycles. The lowest BCUT2D eigenvalue weighted by molar-refractivity contribution is 0.101. The fourth-order valence-electron chi connectivity index (χ4n) is 0.897. The minimum Gasteiger partial charge on any atom is -0.516 e. The Morgan fingerprint density at radius 2 is 2.00 bits per heavy atom. The molecule has 2 nitrogen and oxygen atoms in total. The predicted molar refractivity (Wildman–Crippen MR) is 51.1 cm³/mol. The summed E-state index contributed by atoms with van der Waals surface area (Å²) in [5.41, 5.74) is 0.361. The van der Waals surface area contributed by atoms with Crippen LogP contribution in [-0.2, 0) is 0 Å². The summed E-state index contributed by atoms with van der Waals surface area (Å²) < 4.78 is 0. The molecule has 1 unspecified atom stereocenters. The summed E-state index contributed by atoms with van der Waals surface area (Å²) in [6.07, 6.45) is 5.82.